The van der Waals surface area contributed by atoms with Crippen molar-refractivity contribution in [3.63, 3.8) is 0 Å². The van der Waals surface area contributed by atoms with Crippen LogP contribution in [-0.2, 0) is 11.2 Å². The molecule has 0 aliphatic rings. The fourth-order valence-corrected chi connectivity index (χ4v) is 2.31. The molecule has 1 aromatic carbocycles. The second-order valence-corrected chi connectivity index (χ2v) is 6.29. The van der Waals surface area contributed by atoms with Crippen molar-refractivity contribution in [2.45, 2.75) is 39.0 Å². The van der Waals surface area contributed by atoms with Crippen LogP contribution in [0.4, 0.5) is 11.4 Å². The molecule has 0 radical (unpaired) electrons. The van der Waals surface area contributed by atoms with Crippen molar-refractivity contribution >= 4 is 17.3 Å². The first kappa shape index (κ1) is 18.9. The number of nitrogens with zero attached hydrogens (tertiary/aromatic N) is 3. The third-order valence-corrected chi connectivity index (χ3v) is 3.82. The second-order valence-electron chi connectivity index (χ2n) is 6.29. The second kappa shape index (κ2) is 9.17. The van der Waals surface area contributed by atoms with Gasteiger partial charge in [0.2, 0.25) is 11.8 Å². The number of carbonyl (C=O) groups is 1. The summed E-state index contributed by atoms with van der Waals surface area (Å²) in [6, 6.07) is 7.54. The molecule has 0 atom stereocenters. The maximum Gasteiger partial charge on any atom is 0.226 e. The van der Waals surface area contributed by atoms with Gasteiger partial charge in [-0.1, -0.05) is 19.0 Å². The number of benzene rings is 1. The number of carbonyl (C=O) groups excluding carboxylic acids is 1. The lowest BCUT2D eigenvalue weighted by atomic mass is 10.2. The Morgan fingerprint density at radius 2 is 2.04 bits per heavy atom. The zero-order valence-electron chi connectivity index (χ0n) is 15.0. The molecule has 0 aliphatic heterocycles. The molecular weight excluding hydrogens is 320 g/mol. The topological polar surface area (TPSA) is 91.5 Å². The SMILES string of the molecule is CC(C)c1noc(CCCC(=O)Nc2ccc(N(C)CCO)cc2)n1. The third-order valence-electron chi connectivity index (χ3n) is 3.82. The predicted octanol–water partition coefficient (Wildman–Crippen LogP) is 2.58. The number of amides is 1. The summed E-state index contributed by atoms with van der Waals surface area (Å²) >= 11 is 0. The van der Waals surface area contributed by atoms with Gasteiger partial charge in [0.05, 0.1) is 6.61 Å². The quantitative estimate of drug-likeness (QED) is 0.725. The highest BCUT2D eigenvalue weighted by Gasteiger charge is 2.10. The summed E-state index contributed by atoms with van der Waals surface area (Å²) in [6.07, 6.45) is 1.65. The van der Waals surface area contributed by atoms with Gasteiger partial charge in [-0.15, -0.1) is 0 Å². The molecule has 136 valence electrons. The number of anilines is 2. The zero-order chi connectivity index (χ0) is 18.2. The number of hydrogen-bond donors (Lipinski definition) is 2. The minimum absolute atomic E-state index is 0.0416. The standard InChI is InChI=1S/C18H26N4O3/c1-13(2)18-20-17(25-21-18)6-4-5-16(24)19-14-7-9-15(10-8-14)22(3)11-12-23/h7-10,13,23H,4-6,11-12H2,1-3H3,(H,19,24). The van der Waals surface area contributed by atoms with Crippen LogP contribution in [0.1, 0.15) is 44.3 Å². The lowest BCUT2D eigenvalue weighted by Gasteiger charge is -2.18. The van der Waals surface area contributed by atoms with Gasteiger partial charge in [0.25, 0.3) is 0 Å². The Hall–Kier alpha value is -2.41. The van der Waals surface area contributed by atoms with E-state index < -0.39 is 0 Å². The van der Waals surface area contributed by atoms with Crippen molar-refractivity contribution in [1.29, 1.82) is 0 Å². The van der Waals surface area contributed by atoms with Crippen LogP contribution in [0, 0.1) is 0 Å². The summed E-state index contributed by atoms with van der Waals surface area (Å²) in [5, 5.41) is 15.7. The lowest BCUT2D eigenvalue weighted by Crippen LogP contribution is -2.21. The van der Waals surface area contributed by atoms with E-state index in [1.807, 2.05) is 50.1 Å². The fourth-order valence-electron chi connectivity index (χ4n) is 2.31. The fraction of sp³-hybridized carbons (Fsp3) is 0.500. The van der Waals surface area contributed by atoms with Gasteiger partial charge in [0.15, 0.2) is 5.82 Å². The Kier molecular flexibility index (Phi) is 6.94. The highest BCUT2D eigenvalue weighted by atomic mass is 16.5. The van der Waals surface area contributed by atoms with E-state index in [1.54, 1.807) is 0 Å². The number of nitrogens with one attached hydrogen (secondary N) is 1. The summed E-state index contributed by atoms with van der Waals surface area (Å²) in [5.41, 5.74) is 1.75. The molecular formula is C18H26N4O3. The average Bonchev–Trinajstić information content (AvgIpc) is 3.05. The van der Waals surface area contributed by atoms with E-state index in [-0.39, 0.29) is 18.4 Å². The number of aryl methyl sites for hydroxylation is 1. The Labute approximate surface area is 148 Å². The number of aliphatic hydroxyl groups excluding tert-OH is 1. The lowest BCUT2D eigenvalue weighted by molar-refractivity contribution is -0.116. The van der Waals surface area contributed by atoms with Gasteiger partial charge in [0, 0.05) is 43.7 Å². The Bertz CT molecular complexity index is 667. The molecule has 2 aromatic rings. The van der Waals surface area contributed by atoms with E-state index >= 15 is 0 Å². The molecule has 2 N–H and O–H groups in total. The molecule has 0 aliphatic carbocycles. The average molecular weight is 346 g/mol. The van der Waals surface area contributed by atoms with Crippen molar-refractivity contribution in [2.75, 3.05) is 30.4 Å². The highest BCUT2D eigenvalue weighted by molar-refractivity contribution is 5.90. The first-order valence-corrected chi connectivity index (χ1v) is 8.54. The van der Waals surface area contributed by atoms with Crippen LogP contribution in [0.5, 0.6) is 0 Å². The van der Waals surface area contributed by atoms with Crippen molar-refractivity contribution in [2.24, 2.45) is 0 Å². The molecule has 2 rings (SSSR count). The first-order valence-electron chi connectivity index (χ1n) is 8.54. The van der Waals surface area contributed by atoms with Gasteiger partial charge in [-0.2, -0.15) is 4.98 Å². The summed E-state index contributed by atoms with van der Waals surface area (Å²) in [4.78, 5) is 18.3. The molecule has 0 unspecified atom stereocenters. The minimum atomic E-state index is -0.0416. The van der Waals surface area contributed by atoms with Gasteiger partial charge >= 0.3 is 0 Å². The van der Waals surface area contributed by atoms with Crippen LogP contribution in [0.15, 0.2) is 28.8 Å². The van der Waals surface area contributed by atoms with Crippen LogP contribution in [-0.4, -0.2) is 41.4 Å². The minimum Gasteiger partial charge on any atom is -0.395 e. The summed E-state index contributed by atoms with van der Waals surface area (Å²) < 4.78 is 5.17. The molecule has 7 heteroatoms. The van der Waals surface area contributed by atoms with Gasteiger partial charge < -0.3 is 19.8 Å². The van der Waals surface area contributed by atoms with E-state index in [0.29, 0.717) is 37.5 Å². The zero-order valence-corrected chi connectivity index (χ0v) is 15.0. The largest absolute Gasteiger partial charge is 0.395 e. The molecule has 1 heterocycles. The smallest absolute Gasteiger partial charge is 0.226 e. The maximum absolute atomic E-state index is 12.0. The molecule has 0 bridgehead atoms. The van der Waals surface area contributed by atoms with E-state index in [9.17, 15) is 4.79 Å². The van der Waals surface area contributed by atoms with Gasteiger partial charge in [-0.3, -0.25) is 4.79 Å². The molecule has 0 spiro atoms. The van der Waals surface area contributed by atoms with E-state index in [0.717, 1.165) is 11.4 Å². The number of aliphatic hydroxyl groups is 1. The van der Waals surface area contributed by atoms with Gasteiger partial charge in [-0.05, 0) is 30.7 Å². The Morgan fingerprint density at radius 1 is 1.32 bits per heavy atom. The molecule has 0 fully saturated rings. The predicted molar refractivity (Wildman–Crippen MR) is 96.8 cm³/mol. The monoisotopic (exact) mass is 346 g/mol. The Balaban J connectivity index is 1.76. The number of aromatic nitrogens is 2. The summed E-state index contributed by atoms with van der Waals surface area (Å²) in [7, 11) is 1.91. The molecule has 1 aromatic heterocycles. The van der Waals surface area contributed by atoms with Crippen molar-refractivity contribution in [3.8, 4) is 0 Å². The molecule has 25 heavy (non-hydrogen) atoms. The molecule has 7 nitrogen and oxygen atoms in total. The van der Waals surface area contributed by atoms with E-state index in [1.165, 1.54) is 0 Å². The third kappa shape index (κ3) is 5.86. The Morgan fingerprint density at radius 3 is 2.64 bits per heavy atom. The van der Waals surface area contributed by atoms with Crippen LogP contribution >= 0.6 is 0 Å². The molecule has 0 saturated carbocycles. The first-order chi connectivity index (χ1) is 12.0. The maximum atomic E-state index is 12.0. The summed E-state index contributed by atoms with van der Waals surface area (Å²) in [6.45, 7) is 4.69. The number of likely N-dealkylation sites (N-methyl/N-ethyl adjacent to an activating group) is 1. The van der Waals surface area contributed by atoms with Crippen molar-refractivity contribution in [1.82, 2.24) is 10.1 Å². The highest BCUT2D eigenvalue weighted by Crippen LogP contribution is 2.17. The van der Waals surface area contributed by atoms with Gasteiger partial charge in [-0.25, -0.2) is 0 Å². The van der Waals surface area contributed by atoms with Gasteiger partial charge in [0.1, 0.15) is 0 Å². The van der Waals surface area contributed by atoms with Crippen LogP contribution in [0.2, 0.25) is 0 Å². The van der Waals surface area contributed by atoms with E-state index in [4.69, 9.17) is 9.63 Å². The van der Waals surface area contributed by atoms with E-state index in [2.05, 4.69) is 15.5 Å². The molecule has 0 saturated heterocycles. The normalized spacial score (nSPS) is 10.9. The van der Waals surface area contributed by atoms with Crippen molar-refractivity contribution in [3.05, 3.63) is 36.0 Å². The number of hydrogen-bond acceptors (Lipinski definition) is 6. The molecule has 1 amide bonds. The van der Waals surface area contributed by atoms with Crippen molar-refractivity contribution < 1.29 is 14.4 Å². The van der Waals surface area contributed by atoms with Crippen LogP contribution in [0.3, 0.4) is 0 Å². The van der Waals surface area contributed by atoms with Crippen LogP contribution < -0.4 is 10.2 Å². The van der Waals surface area contributed by atoms with Crippen LogP contribution in [0.25, 0.3) is 0 Å². The summed E-state index contributed by atoms with van der Waals surface area (Å²) in [5.74, 6) is 1.47. The number of rotatable bonds is 9.